The molecule has 0 aliphatic carbocycles. The van der Waals surface area contributed by atoms with E-state index in [9.17, 15) is 9.59 Å². The molecular weight excluding hydrogens is 216 g/mol. The Morgan fingerprint density at radius 2 is 2.12 bits per heavy atom. The number of nitrogens with one attached hydrogen (secondary N) is 1. The molecule has 0 radical (unpaired) electrons. The van der Waals surface area contributed by atoms with E-state index in [1.807, 2.05) is 31.2 Å². The number of benzene rings is 1. The van der Waals surface area contributed by atoms with Crippen LogP contribution in [-0.2, 0) is 9.59 Å². The Morgan fingerprint density at radius 3 is 2.71 bits per heavy atom. The van der Waals surface area contributed by atoms with Gasteiger partial charge in [-0.3, -0.25) is 9.59 Å². The molecule has 4 heteroatoms. The zero-order valence-corrected chi connectivity index (χ0v) is 10.1. The van der Waals surface area contributed by atoms with Crippen molar-refractivity contribution in [3.05, 3.63) is 29.8 Å². The summed E-state index contributed by atoms with van der Waals surface area (Å²) >= 11 is 0. The maximum Gasteiger partial charge on any atom is 0.232 e. The van der Waals surface area contributed by atoms with E-state index in [4.69, 9.17) is 0 Å². The largest absolute Gasteiger partial charge is 0.355 e. The van der Waals surface area contributed by atoms with Crippen molar-refractivity contribution < 1.29 is 9.59 Å². The Labute approximate surface area is 101 Å². The Hall–Kier alpha value is -1.84. The second kappa shape index (κ2) is 4.57. The minimum absolute atomic E-state index is 0.00218. The number of para-hydroxylation sites is 1. The van der Waals surface area contributed by atoms with Crippen LogP contribution in [0, 0.1) is 12.8 Å². The Morgan fingerprint density at radius 1 is 1.41 bits per heavy atom. The van der Waals surface area contributed by atoms with Crippen molar-refractivity contribution in [1.82, 2.24) is 5.32 Å². The summed E-state index contributed by atoms with van der Waals surface area (Å²) in [5.74, 6) is -0.272. The van der Waals surface area contributed by atoms with Crippen LogP contribution in [0.4, 0.5) is 5.69 Å². The van der Waals surface area contributed by atoms with Crippen LogP contribution in [0.25, 0.3) is 0 Å². The molecule has 1 saturated heterocycles. The lowest BCUT2D eigenvalue weighted by atomic mass is 10.1. The van der Waals surface area contributed by atoms with E-state index in [-0.39, 0.29) is 17.7 Å². The van der Waals surface area contributed by atoms with E-state index in [0.29, 0.717) is 13.0 Å². The van der Waals surface area contributed by atoms with E-state index >= 15 is 0 Å². The van der Waals surface area contributed by atoms with Crippen molar-refractivity contribution in [2.24, 2.45) is 5.92 Å². The molecule has 17 heavy (non-hydrogen) atoms. The number of carbonyl (C=O) groups is 2. The summed E-state index contributed by atoms with van der Waals surface area (Å²) in [7, 11) is 1.76. The molecule has 1 aromatic rings. The van der Waals surface area contributed by atoms with E-state index in [2.05, 4.69) is 5.32 Å². The second-order valence-corrected chi connectivity index (χ2v) is 4.39. The molecule has 2 rings (SSSR count). The van der Waals surface area contributed by atoms with Crippen LogP contribution in [0.3, 0.4) is 0 Å². The summed E-state index contributed by atoms with van der Waals surface area (Å²) in [6.45, 7) is 2.42. The molecule has 0 aromatic heterocycles. The first-order chi connectivity index (χ1) is 8.09. The topological polar surface area (TPSA) is 49.4 Å². The van der Waals surface area contributed by atoms with Crippen LogP contribution in [0.5, 0.6) is 0 Å². The molecule has 0 spiro atoms. The summed E-state index contributed by atoms with van der Waals surface area (Å²) < 4.78 is 0. The van der Waals surface area contributed by atoms with E-state index in [0.717, 1.165) is 11.3 Å². The SMILES string of the molecule is Cc1ccccc1N(C)C(=O)C1CNC(=O)C1. The highest BCUT2D eigenvalue weighted by atomic mass is 16.2. The standard InChI is InChI=1S/C13H16N2O2/c1-9-5-3-4-6-11(9)15(2)13(17)10-7-12(16)14-8-10/h3-6,10H,7-8H2,1-2H3,(H,14,16). The molecule has 1 atom stereocenters. The number of carbonyl (C=O) groups excluding carboxylic acids is 2. The number of hydrogen-bond acceptors (Lipinski definition) is 2. The monoisotopic (exact) mass is 232 g/mol. The van der Waals surface area contributed by atoms with Gasteiger partial charge >= 0.3 is 0 Å². The third-order valence-corrected chi connectivity index (χ3v) is 3.13. The molecule has 1 fully saturated rings. The molecule has 1 unspecified atom stereocenters. The van der Waals surface area contributed by atoms with E-state index in [1.165, 1.54) is 0 Å². The quantitative estimate of drug-likeness (QED) is 0.830. The minimum Gasteiger partial charge on any atom is -0.355 e. The number of anilines is 1. The minimum atomic E-state index is -0.230. The number of rotatable bonds is 2. The molecule has 1 aliphatic heterocycles. The van der Waals surface area contributed by atoms with E-state index < -0.39 is 0 Å². The predicted octanol–water partition coefficient (Wildman–Crippen LogP) is 1.09. The van der Waals surface area contributed by atoms with Crippen molar-refractivity contribution in [3.8, 4) is 0 Å². The van der Waals surface area contributed by atoms with Crippen LogP contribution in [0.1, 0.15) is 12.0 Å². The molecule has 1 aliphatic rings. The lowest BCUT2D eigenvalue weighted by Crippen LogP contribution is -2.34. The summed E-state index contributed by atoms with van der Waals surface area (Å²) in [6.07, 6.45) is 0.301. The summed E-state index contributed by atoms with van der Waals surface area (Å²) in [4.78, 5) is 24.9. The fourth-order valence-electron chi connectivity index (χ4n) is 2.11. The fraction of sp³-hybridized carbons (Fsp3) is 0.385. The van der Waals surface area contributed by atoms with Crippen LogP contribution in [0.2, 0.25) is 0 Å². The smallest absolute Gasteiger partial charge is 0.232 e. The normalized spacial score (nSPS) is 18.9. The van der Waals surface area contributed by atoms with Gasteiger partial charge in [-0.05, 0) is 18.6 Å². The molecular formula is C13H16N2O2. The fourth-order valence-corrected chi connectivity index (χ4v) is 2.11. The van der Waals surface area contributed by atoms with Crippen molar-refractivity contribution in [2.45, 2.75) is 13.3 Å². The molecule has 0 bridgehead atoms. The van der Waals surface area contributed by atoms with Gasteiger partial charge in [-0.15, -0.1) is 0 Å². The molecule has 1 aromatic carbocycles. The average Bonchev–Trinajstić information content (AvgIpc) is 2.75. The molecule has 90 valence electrons. The zero-order valence-electron chi connectivity index (χ0n) is 10.1. The third-order valence-electron chi connectivity index (χ3n) is 3.13. The van der Waals surface area contributed by atoms with E-state index in [1.54, 1.807) is 11.9 Å². The molecule has 4 nitrogen and oxygen atoms in total. The highest BCUT2D eigenvalue weighted by Crippen LogP contribution is 2.21. The van der Waals surface area contributed by atoms with Crippen molar-refractivity contribution in [1.29, 1.82) is 0 Å². The average molecular weight is 232 g/mol. The number of aryl methyl sites for hydroxylation is 1. The maximum absolute atomic E-state index is 12.2. The van der Waals surface area contributed by atoms with Crippen molar-refractivity contribution >= 4 is 17.5 Å². The van der Waals surface area contributed by atoms with Crippen LogP contribution in [-0.4, -0.2) is 25.4 Å². The number of amides is 2. The van der Waals surface area contributed by atoms with Gasteiger partial charge < -0.3 is 10.2 Å². The van der Waals surface area contributed by atoms with Gasteiger partial charge in [-0.2, -0.15) is 0 Å². The van der Waals surface area contributed by atoms with Gasteiger partial charge in [0.1, 0.15) is 0 Å². The van der Waals surface area contributed by atoms with Crippen molar-refractivity contribution in [2.75, 3.05) is 18.5 Å². The van der Waals surface area contributed by atoms with Crippen molar-refractivity contribution in [3.63, 3.8) is 0 Å². The molecule has 1 N–H and O–H groups in total. The van der Waals surface area contributed by atoms with Crippen LogP contribution < -0.4 is 10.2 Å². The van der Waals surface area contributed by atoms with Gasteiger partial charge in [-0.1, -0.05) is 18.2 Å². The van der Waals surface area contributed by atoms with Crippen LogP contribution in [0.15, 0.2) is 24.3 Å². The number of nitrogens with zero attached hydrogens (tertiary/aromatic N) is 1. The lowest BCUT2D eigenvalue weighted by Gasteiger charge is -2.22. The highest BCUT2D eigenvalue weighted by molar-refractivity contribution is 5.99. The summed E-state index contributed by atoms with van der Waals surface area (Å²) in [6, 6.07) is 7.73. The van der Waals surface area contributed by atoms with Gasteiger partial charge in [0, 0.05) is 25.7 Å². The first-order valence-electron chi connectivity index (χ1n) is 5.69. The third kappa shape index (κ3) is 2.30. The molecule has 1 heterocycles. The van der Waals surface area contributed by atoms with Gasteiger partial charge in [0.05, 0.1) is 5.92 Å². The Bertz CT molecular complexity index is 456. The first kappa shape index (κ1) is 11.6. The maximum atomic E-state index is 12.2. The Kier molecular flexibility index (Phi) is 3.13. The number of hydrogen-bond donors (Lipinski definition) is 1. The second-order valence-electron chi connectivity index (χ2n) is 4.39. The molecule has 2 amide bonds. The highest BCUT2D eigenvalue weighted by Gasteiger charge is 2.30. The van der Waals surface area contributed by atoms with Crippen LogP contribution >= 0.6 is 0 Å². The Balaban J connectivity index is 2.15. The lowest BCUT2D eigenvalue weighted by molar-refractivity contribution is -0.124. The summed E-state index contributed by atoms with van der Waals surface area (Å²) in [5.41, 5.74) is 1.96. The first-order valence-corrected chi connectivity index (χ1v) is 5.69. The van der Waals surface area contributed by atoms with Gasteiger partial charge in [0.15, 0.2) is 0 Å². The van der Waals surface area contributed by atoms with Gasteiger partial charge in [-0.25, -0.2) is 0 Å². The zero-order chi connectivity index (χ0) is 12.4. The van der Waals surface area contributed by atoms with Gasteiger partial charge in [0.2, 0.25) is 11.8 Å². The predicted molar refractivity (Wildman–Crippen MR) is 65.7 cm³/mol. The summed E-state index contributed by atoms with van der Waals surface area (Å²) in [5, 5.41) is 2.69. The van der Waals surface area contributed by atoms with Gasteiger partial charge in [0.25, 0.3) is 0 Å². The molecule has 0 saturated carbocycles.